The second-order valence-electron chi connectivity index (χ2n) is 5.50. The Morgan fingerprint density at radius 3 is 2.83 bits per heavy atom. The molecule has 3 heterocycles. The van der Waals surface area contributed by atoms with Crippen LogP contribution in [0.4, 0.5) is 5.82 Å². The molecule has 0 amide bonds. The second kappa shape index (κ2) is 6.07. The van der Waals surface area contributed by atoms with Gasteiger partial charge in [0.15, 0.2) is 11.5 Å². The van der Waals surface area contributed by atoms with Crippen molar-refractivity contribution in [2.75, 3.05) is 11.9 Å². The minimum atomic E-state index is -1.06. The molecule has 0 atom stereocenters. The van der Waals surface area contributed by atoms with Crippen LogP contribution in [0.5, 0.6) is 0 Å². The lowest BCUT2D eigenvalue weighted by atomic mass is 10.2. The largest absolute Gasteiger partial charge is 0.476 e. The van der Waals surface area contributed by atoms with E-state index >= 15 is 0 Å². The van der Waals surface area contributed by atoms with Gasteiger partial charge in [0.05, 0.1) is 0 Å². The van der Waals surface area contributed by atoms with Gasteiger partial charge < -0.3 is 15.0 Å². The van der Waals surface area contributed by atoms with E-state index in [2.05, 4.69) is 38.8 Å². The van der Waals surface area contributed by atoms with E-state index in [9.17, 15) is 4.79 Å². The van der Waals surface area contributed by atoms with Crippen molar-refractivity contribution in [3.63, 3.8) is 0 Å². The van der Waals surface area contributed by atoms with Crippen molar-refractivity contribution >= 4 is 17.3 Å². The molecule has 3 aromatic rings. The molecular weight excluding hydrogens is 296 g/mol. The summed E-state index contributed by atoms with van der Waals surface area (Å²) in [6, 6.07) is 1.51. The molecule has 0 fully saturated rings. The van der Waals surface area contributed by atoms with Crippen molar-refractivity contribution in [2.24, 2.45) is 0 Å². The summed E-state index contributed by atoms with van der Waals surface area (Å²) in [5, 5.41) is 16.3. The fourth-order valence-corrected chi connectivity index (χ4v) is 2.47. The maximum atomic E-state index is 11.0. The van der Waals surface area contributed by atoms with Crippen LogP contribution in [0.25, 0.3) is 5.52 Å². The fraction of sp³-hybridized carbons (Fsp3) is 0.333. The van der Waals surface area contributed by atoms with Crippen LogP contribution in [-0.4, -0.2) is 41.8 Å². The Bertz CT molecular complexity index is 835. The first kappa shape index (κ1) is 15.0. The summed E-state index contributed by atoms with van der Waals surface area (Å²) < 4.78 is 3.60. The molecule has 0 saturated carbocycles. The van der Waals surface area contributed by atoms with Crippen LogP contribution in [0.15, 0.2) is 30.9 Å². The molecule has 3 rings (SSSR count). The number of nitrogens with zero attached hydrogens (tertiary/aromatic N) is 5. The normalized spacial score (nSPS) is 11.3. The van der Waals surface area contributed by atoms with Gasteiger partial charge in [0.2, 0.25) is 0 Å². The molecule has 3 aromatic heterocycles. The van der Waals surface area contributed by atoms with Gasteiger partial charge in [-0.15, -0.1) is 0 Å². The van der Waals surface area contributed by atoms with E-state index in [1.54, 1.807) is 18.6 Å². The van der Waals surface area contributed by atoms with Gasteiger partial charge in [-0.25, -0.2) is 19.3 Å². The van der Waals surface area contributed by atoms with E-state index in [1.165, 1.54) is 10.6 Å². The summed E-state index contributed by atoms with van der Waals surface area (Å²) in [5.41, 5.74) is 0.636. The molecule has 0 aliphatic heterocycles. The van der Waals surface area contributed by atoms with Crippen molar-refractivity contribution < 1.29 is 9.90 Å². The summed E-state index contributed by atoms with van der Waals surface area (Å²) >= 11 is 0. The predicted molar refractivity (Wildman–Crippen MR) is 84.8 cm³/mol. The molecule has 0 spiro atoms. The number of nitrogens with one attached hydrogen (secondary N) is 1. The lowest BCUT2D eigenvalue weighted by Crippen LogP contribution is -2.14. The molecule has 0 unspecified atom stereocenters. The van der Waals surface area contributed by atoms with Crippen LogP contribution < -0.4 is 5.32 Å². The van der Waals surface area contributed by atoms with Gasteiger partial charge in [-0.2, -0.15) is 5.10 Å². The molecule has 0 saturated heterocycles. The summed E-state index contributed by atoms with van der Waals surface area (Å²) in [7, 11) is 0. The zero-order valence-electron chi connectivity index (χ0n) is 13.0. The van der Waals surface area contributed by atoms with E-state index in [0.717, 1.165) is 12.4 Å². The molecule has 0 aromatic carbocycles. The Balaban J connectivity index is 1.74. The number of carboxylic acid groups (broad SMARTS) is 1. The van der Waals surface area contributed by atoms with Crippen LogP contribution in [0.1, 0.15) is 36.1 Å². The van der Waals surface area contributed by atoms with Crippen molar-refractivity contribution in [3.8, 4) is 0 Å². The number of aromatic nitrogens is 5. The smallest absolute Gasteiger partial charge is 0.356 e. The topological polar surface area (TPSA) is 97.3 Å². The Morgan fingerprint density at radius 1 is 1.30 bits per heavy atom. The molecular formula is C15H18N6O2. The Kier molecular flexibility index (Phi) is 3.96. The third-order valence-corrected chi connectivity index (χ3v) is 3.52. The fourth-order valence-electron chi connectivity index (χ4n) is 2.47. The third kappa shape index (κ3) is 3.01. The van der Waals surface area contributed by atoms with Gasteiger partial charge in [0.1, 0.15) is 11.3 Å². The highest BCUT2D eigenvalue weighted by Gasteiger charge is 2.12. The molecule has 2 N–H and O–H groups in total. The number of hydrogen-bond acceptors (Lipinski definition) is 5. The highest BCUT2D eigenvalue weighted by Crippen LogP contribution is 2.15. The highest BCUT2D eigenvalue weighted by atomic mass is 16.4. The van der Waals surface area contributed by atoms with E-state index in [1.807, 2.05) is 6.20 Å². The molecule has 120 valence electrons. The zero-order valence-corrected chi connectivity index (χ0v) is 13.0. The standard InChI is InChI=1S/C15H18N6O2/c1-10(2)14-18-4-7-20(14)6-3-16-13-12-9-11(15(22)23)19-21(12)8-5-17-13/h4-5,7-10H,3,6H2,1-2H3,(H,16,17)(H,22,23). The number of carbonyl (C=O) groups is 1. The van der Waals surface area contributed by atoms with E-state index in [-0.39, 0.29) is 5.69 Å². The van der Waals surface area contributed by atoms with Crippen molar-refractivity contribution in [1.29, 1.82) is 0 Å². The van der Waals surface area contributed by atoms with Gasteiger partial charge >= 0.3 is 5.97 Å². The molecule has 0 aliphatic carbocycles. The molecule has 8 heteroatoms. The first-order valence-corrected chi connectivity index (χ1v) is 7.39. The number of rotatable bonds is 6. The molecule has 0 bridgehead atoms. The minimum absolute atomic E-state index is 0.00208. The first-order valence-electron chi connectivity index (χ1n) is 7.39. The maximum absolute atomic E-state index is 11.0. The Hall–Kier alpha value is -2.90. The molecule has 0 aliphatic rings. The van der Waals surface area contributed by atoms with Crippen LogP contribution in [-0.2, 0) is 6.54 Å². The maximum Gasteiger partial charge on any atom is 0.356 e. The monoisotopic (exact) mass is 314 g/mol. The van der Waals surface area contributed by atoms with Crippen LogP contribution in [0.2, 0.25) is 0 Å². The Morgan fingerprint density at radius 2 is 2.09 bits per heavy atom. The number of imidazole rings is 1. The quantitative estimate of drug-likeness (QED) is 0.721. The van der Waals surface area contributed by atoms with Crippen molar-refractivity contribution in [3.05, 3.63) is 42.4 Å². The van der Waals surface area contributed by atoms with Crippen LogP contribution in [0, 0.1) is 0 Å². The van der Waals surface area contributed by atoms with Crippen LogP contribution >= 0.6 is 0 Å². The van der Waals surface area contributed by atoms with Crippen molar-refractivity contribution in [2.45, 2.75) is 26.3 Å². The van der Waals surface area contributed by atoms with Gasteiger partial charge in [-0.3, -0.25) is 0 Å². The minimum Gasteiger partial charge on any atom is -0.476 e. The first-order chi connectivity index (χ1) is 11.1. The highest BCUT2D eigenvalue weighted by molar-refractivity contribution is 5.88. The lowest BCUT2D eigenvalue weighted by Gasteiger charge is -2.11. The van der Waals surface area contributed by atoms with Crippen LogP contribution in [0.3, 0.4) is 0 Å². The van der Waals surface area contributed by atoms with E-state index in [4.69, 9.17) is 5.11 Å². The number of aromatic carboxylic acids is 1. The summed E-state index contributed by atoms with van der Waals surface area (Å²) in [4.78, 5) is 19.6. The predicted octanol–water partition coefficient (Wildman–Crippen LogP) is 1.86. The van der Waals surface area contributed by atoms with Crippen molar-refractivity contribution in [1.82, 2.24) is 24.1 Å². The average molecular weight is 314 g/mol. The number of fused-ring (bicyclic) bond motifs is 1. The van der Waals surface area contributed by atoms with Gasteiger partial charge in [-0.05, 0) is 0 Å². The van der Waals surface area contributed by atoms with Gasteiger partial charge in [-0.1, -0.05) is 13.8 Å². The van der Waals surface area contributed by atoms with E-state index in [0.29, 0.717) is 23.8 Å². The summed E-state index contributed by atoms with van der Waals surface area (Å²) in [5.74, 6) is 0.952. The number of carboxylic acids is 1. The zero-order chi connectivity index (χ0) is 16.4. The number of hydrogen-bond donors (Lipinski definition) is 2. The van der Waals surface area contributed by atoms with Gasteiger partial charge in [0, 0.05) is 49.9 Å². The SMILES string of the molecule is CC(C)c1nccn1CCNc1nccn2nc(C(=O)O)cc12. The van der Waals surface area contributed by atoms with Gasteiger partial charge in [0.25, 0.3) is 0 Å². The molecule has 8 nitrogen and oxygen atoms in total. The second-order valence-corrected chi connectivity index (χ2v) is 5.50. The number of anilines is 1. The lowest BCUT2D eigenvalue weighted by molar-refractivity contribution is 0.0690. The average Bonchev–Trinajstić information content (AvgIpc) is 3.13. The van der Waals surface area contributed by atoms with E-state index < -0.39 is 5.97 Å². The molecule has 0 radical (unpaired) electrons. The Labute approximate surface area is 132 Å². The summed E-state index contributed by atoms with van der Waals surface area (Å²) in [6.45, 7) is 5.61. The molecule has 23 heavy (non-hydrogen) atoms. The summed E-state index contributed by atoms with van der Waals surface area (Å²) in [6.07, 6.45) is 6.96. The third-order valence-electron chi connectivity index (χ3n) is 3.52.